The van der Waals surface area contributed by atoms with Gasteiger partial charge in [0.15, 0.2) is 11.5 Å². The first kappa shape index (κ1) is 15.6. The maximum absolute atomic E-state index is 13.2. The lowest BCUT2D eigenvalue weighted by Gasteiger charge is -2.13. The van der Waals surface area contributed by atoms with Gasteiger partial charge in [0.05, 0.1) is 7.11 Å². The van der Waals surface area contributed by atoms with Crippen molar-refractivity contribution in [1.29, 1.82) is 0 Å². The highest BCUT2D eigenvalue weighted by Crippen LogP contribution is 2.29. The highest BCUT2D eigenvalue weighted by Gasteiger charge is 2.08. The molecular formula is C16H17ClFNO2. The molecule has 2 aromatic rings. The van der Waals surface area contributed by atoms with E-state index in [0.29, 0.717) is 22.1 Å². The lowest BCUT2D eigenvalue weighted by atomic mass is 10.2. The number of ether oxygens (including phenoxy) is 2. The van der Waals surface area contributed by atoms with Gasteiger partial charge in [-0.15, -0.1) is 0 Å². The average molecular weight is 310 g/mol. The van der Waals surface area contributed by atoms with Gasteiger partial charge < -0.3 is 14.8 Å². The van der Waals surface area contributed by atoms with E-state index in [4.69, 9.17) is 21.1 Å². The highest BCUT2D eigenvalue weighted by atomic mass is 35.5. The van der Waals surface area contributed by atoms with Crippen LogP contribution in [0.2, 0.25) is 5.02 Å². The molecule has 0 bridgehead atoms. The monoisotopic (exact) mass is 309 g/mol. The predicted molar refractivity (Wildman–Crippen MR) is 81.5 cm³/mol. The molecule has 0 unspecified atom stereocenters. The number of rotatable bonds is 6. The lowest BCUT2D eigenvalue weighted by Crippen LogP contribution is -2.06. The van der Waals surface area contributed by atoms with Crippen LogP contribution in [0.3, 0.4) is 0 Å². The molecule has 0 spiro atoms. The van der Waals surface area contributed by atoms with Gasteiger partial charge in [0.25, 0.3) is 0 Å². The normalized spacial score (nSPS) is 10.5. The summed E-state index contributed by atoms with van der Waals surface area (Å²) in [6, 6.07) is 9.89. The Balaban J connectivity index is 2.18. The molecule has 5 heteroatoms. The number of hydrogen-bond donors (Lipinski definition) is 1. The molecule has 0 aliphatic rings. The van der Waals surface area contributed by atoms with Crippen molar-refractivity contribution in [2.75, 3.05) is 14.2 Å². The molecule has 0 amide bonds. The van der Waals surface area contributed by atoms with E-state index in [-0.39, 0.29) is 12.4 Å². The SMILES string of the molecule is CNCc1ccc(OC)c(OCc2cc(F)ccc2Cl)c1. The molecule has 1 N–H and O–H groups in total. The number of halogens is 2. The second-order valence-corrected chi connectivity index (χ2v) is 4.95. The minimum Gasteiger partial charge on any atom is -0.493 e. The average Bonchev–Trinajstić information content (AvgIpc) is 2.49. The molecule has 2 aromatic carbocycles. The van der Waals surface area contributed by atoms with Gasteiger partial charge in [-0.05, 0) is 42.9 Å². The molecule has 0 atom stereocenters. The van der Waals surface area contributed by atoms with Crippen LogP contribution in [0.4, 0.5) is 4.39 Å². The highest BCUT2D eigenvalue weighted by molar-refractivity contribution is 6.31. The van der Waals surface area contributed by atoms with Crippen molar-refractivity contribution in [2.45, 2.75) is 13.2 Å². The van der Waals surface area contributed by atoms with Crippen molar-refractivity contribution in [2.24, 2.45) is 0 Å². The number of methoxy groups -OCH3 is 1. The van der Waals surface area contributed by atoms with E-state index >= 15 is 0 Å². The third kappa shape index (κ3) is 4.09. The van der Waals surface area contributed by atoms with Crippen LogP contribution >= 0.6 is 11.6 Å². The zero-order valence-electron chi connectivity index (χ0n) is 12.0. The van der Waals surface area contributed by atoms with Gasteiger partial charge in [0.1, 0.15) is 12.4 Å². The van der Waals surface area contributed by atoms with E-state index in [1.165, 1.54) is 18.2 Å². The third-order valence-electron chi connectivity index (χ3n) is 3.00. The van der Waals surface area contributed by atoms with E-state index in [9.17, 15) is 4.39 Å². The van der Waals surface area contributed by atoms with Gasteiger partial charge in [-0.1, -0.05) is 17.7 Å². The third-order valence-corrected chi connectivity index (χ3v) is 3.37. The van der Waals surface area contributed by atoms with E-state index in [0.717, 1.165) is 12.1 Å². The Labute approximate surface area is 128 Å². The maximum Gasteiger partial charge on any atom is 0.161 e. The van der Waals surface area contributed by atoms with Crippen LogP contribution in [0.15, 0.2) is 36.4 Å². The Bertz CT molecular complexity index is 619. The second-order valence-electron chi connectivity index (χ2n) is 4.54. The molecule has 0 aliphatic heterocycles. The zero-order valence-corrected chi connectivity index (χ0v) is 12.7. The number of benzene rings is 2. The van der Waals surface area contributed by atoms with Crippen molar-refractivity contribution < 1.29 is 13.9 Å². The van der Waals surface area contributed by atoms with Crippen LogP contribution in [-0.2, 0) is 13.2 Å². The summed E-state index contributed by atoms with van der Waals surface area (Å²) < 4.78 is 24.2. The van der Waals surface area contributed by atoms with Crippen LogP contribution in [0.5, 0.6) is 11.5 Å². The molecule has 0 saturated carbocycles. The smallest absolute Gasteiger partial charge is 0.161 e. The van der Waals surface area contributed by atoms with Gasteiger partial charge in [-0.3, -0.25) is 0 Å². The Morgan fingerprint density at radius 1 is 1.14 bits per heavy atom. The van der Waals surface area contributed by atoms with Gasteiger partial charge in [-0.2, -0.15) is 0 Å². The van der Waals surface area contributed by atoms with Crippen molar-refractivity contribution in [1.82, 2.24) is 5.32 Å². The quantitative estimate of drug-likeness (QED) is 0.880. The van der Waals surface area contributed by atoms with E-state index in [2.05, 4.69) is 5.32 Å². The first-order valence-electron chi connectivity index (χ1n) is 6.52. The van der Waals surface area contributed by atoms with E-state index < -0.39 is 0 Å². The van der Waals surface area contributed by atoms with Crippen LogP contribution < -0.4 is 14.8 Å². The summed E-state index contributed by atoms with van der Waals surface area (Å²) in [4.78, 5) is 0. The Kier molecular flexibility index (Phi) is 5.42. The first-order chi connectivity index (χ1) is 10.1. The lowest BCUT2D eigenvalue weighted by molar-refractivity contribution is 0.283. The topological polar surface area (TPSA) is 30.5 Å². The van der Waals surface area contributed by atoms with Crippen LogP contribution in [-0.4, -0.2) is 14.2 Å². The molecule has 0 heterocycles. The fraction of sp³-hybridized carbons (Fsp3) is 0.250. The van der Waals surface area contributed by atoms with Crippen molar-refractivity contribution in [3.63, 3.8) is 0 Å². The summed E-state index contributed by atoms with van der Waals surface area (Å²) in [6.45, 7) is 0.900. The molecule has 0 radical (unpaired) electrons. The fourth-order valence-corrected chi connectivity index (χ4v) is 2.13. The Morgan fingerprint density at radius 2 is 1.95 bits per heavy atom. The Hall–Kier alpha value is -1.78. The molecule has 0 aliphatic carbocycles. The zero-order chi connectivity index (χ0) is 15.2. The second kappa shape index (κ2) is 7.29. The van der Waals surface area contributed by atoms with E-state index in [1.807, 2.05) is 25.2 Å². The van der Waals surface area contributed by atoms with Crippen LogP contribution in [0.25, 0.3) is 0 Å². The minimum absolute atomic E-state index is 0.177. The van der Waals surface area contributed by atoms with Crippen LogP contribution in [0.1, 0.15) is 11.1 Å². The van der Waals surface area contributed by atoms with Crippen molar-refractivity contribution in [3.05, 3.63) is 58.4 Å². The molecule has 2 rings (SSSR count). The summed E-state index contributed by atoms with van der Waals surface area (Å²) in [5, 5.41) is 3.55. The molecule has 0 saturated heterocycles. The first-order valence-corrected chi connectivity index (χ1v) is 6.90. The Morgan fingerprint density at radius 3 is 2.67 bits per heavy atom. The maximum atomic E-state index is 13.2. The summed E-state index contributed by atoms with van der Waals surface area (Å²) in [7, 11) is 3.45. The van der Waals surface area contributed by atoms with Crippen LogP contribution in [0, 0.1) is 5.82 Å². The van der Waals surface area contributed by atoms with Crippen molar-refractivity contribution in [3.8, 4) is 11.5 Å². The van der Waals surface area contributed by atoms with Gasteiger partial charge in [-0.25, -0.2) is 4.39 Å². The molecule has 21 heavy (non-hydrogen) atoms. The van der Waals surface area contributed by atoms with Gasteiger partial charge >= 0.3 is 0 Å². The predicted octanol–water partition coefficient (Wildman–Crippen LogP) is 3.79. The molecule has 0 aromatic heterocycles. The molecule has 112 valence electrons. The van der Waals surface area contributed by atoms with E-state index in [1.54, 1.807) is 7.11 Å². The number of hydrogen-bond acceptors (Lipinski definition) is 3. The molecular weight excluding hydrogens is 293 g/mol. The summed E-state index contributed by atoms with van der Waals surface area (Å²) in [6.07, 6.45) is 0. The minimum atomic E-state index is -0.339. The van der Waals surface area contributed by atoms with Gasteiger partial charge in [0, 0.05) is 17.1 Å². The summed E-state index contributed by atoms with van der Waals surface area (Å²) >= 11 is 6.03. The summed E-state index contributed by atoms with van der Waals surface area (Å²) in [5.74, 6) is 0.891. The fourth-order valence-electron chi connectivity index (χ4n) is 1.96. The van der Waals surface area contributed by atoms with Crippen molar-refractivity contribution >= 4 is 11.6 Å². The largest absolute Gasteiger partial charge is 0.493 e. The number of nitrogens with one attached hydrogen (secondary N) is 1. The molecule has 3 nitrogen and oxygen atoms in total. The van der Waals surface area contributed by atoms with Gasteiger partial charge in [0.2, 0.25) is 0 Å². The molecule has 0 fully saturated rings. The summed E-state index contributed by atoms with van der Waals surface area (Å²) in [5.41, 5.74) is 1.66. The standard InChI is InChI=1S/C16H17ClFNO2/c1-19-9-11-3-6-15(20-2)16(7-11)21-10-12-8-13(18)4-5-14(12)17/h3-8,19H,9-10H2,1-2H3.